The Labute approximate surface area is 109 Å². The highest BCUT2D eigenvalue weighted by molar-refractivity contribution is 6.30. The van der Waals surface area contributed by atoms with Crippen LogP contribution in [0.4, 0.5) is 0 Å². The predicted molar refractivity (Wildman–Crippen MR) is 67.5 cm³/mol. The molecule has 0 atom stereocenters. The lowest BCUT2D eigenvalue weighted by Gasteiger charge is -2.04. The zero-order valence-corrected chi connectivity index (χ0v) is 10.8. The first-order chi connectivity index (χ1) is 8.63. The second-order valence-electron chi connectivity index (χ2n) is 3.70. The minimum atomic E-state index is -0.490. The fraction of sp³-hybridized carbons (Fsp3) is 0.250. The topological polar surface area (TPSA) is 67.9 Å². The van der Waals surface area contributed by atoms with Crippen molar-refractivity contribution in [2.75, 3.05) is 6.61 Å². The Bertz CT molecular complexity index is 580. The number of nitrogens with one attached hydrogen (secondary N) is 1. The van der Waals surface area contributed by atoms with E-state index in [1.54, 1.807) is 25.1 Å². The zero-order valence-electron chi connectivity index (χ0n) is 10.0. The number of halogens is 1. The zero-order chi connectivity index (χ0) is 13.1. The molecule has 5 nitrogen and oxygen atoms in total. The number of aromatic amines is 1. The molecule has 0 aliphatic carbocycles. The van der Waals surface area contributed by atoms with Crippen LogP contribution < -0.4 is 0 Å². The quantitative estimate of drug-likeness (QED) is 0.866. The second kappa shape index (κ2) is 5.18. The van der Waals surface area contributed by atoms with E-state index >= 15 is 0 Å². The van der Waals surface area contributed by atoms with Gasteiger partial charge in [-0.3, -0.25) is 0 Å². The van der Waals surface area contributed by atoms with Gasteiger partial charge in [0.2, 0.25) is 0 Å². The second-order valence-corrected chi connectivity index (χ2v) is 4.14. The minimum Gasteiger partial charge on any atom is -0.461 e. The summed E-state index contributed by atoms with van der Waals surface area (Å²) in [6.07, 6.45) is 0. The van der Waals surface area contributed by atoms with E-state index in [4.69, 9.17) is 16.3 Å². The summed E-state index contributed by atoms with van der Waals surface area (Å²) in [5, 5.41) is 10.9. The number of nitrogens with zero attached hydrogens (tertiary/aromatic N) is 2. The average molecular weight is 266 g/mol. The third-order valence-electron chi connectivity index (χ3n) is 2.46. The van der Waals surface area contributed by atoms with Crippen molar-refractivity contribution in [3.63, 3.8) is 0 Å². The van der Waals surface area contributed by atoms with Crippen LogP contribution in [0.25, 0.3) is 11.3 Å². The van der Waals surface area contributed by atoms with E-state index in [1.165, 1.54) is 0 Å². The summed E-state index contributed by atoms with van der Waals surface area (Å²) in [5.74, 6) is -0.490. The number of aryl methyl sites for hydroxylation is 1. The summed E-state index contributed by atoms with van der Waals surface area (Å²) in [7, 11) is 0. The molecule has 0 aliphatic heterocycles. The number of hydrogen-bond acceptors (Lipinski definition) is 4. The highest BCUT2D eigenvalue weighted by atomic mass is 35.5. The third kappa shape index (κ3) is 2.36. The van der Waals surface area contributed by atoms with Gasteiger partial charge in [0, 0.05) is 10.6 Å². The molecule has 0 saturated heterocycles. The highest BCUT2D eigenvalue weighted by Gasteiger charge is 2.20. The van der Waals surface area contributed by atoms with Crippen LogP contribution in [-0.2, 0) is 4.74 Å². The fourth-order valence-electron chi connectivity index (χ4n) is 1.65. The maximum absolute atomic E-state index is 11.7. The molecule has 2 aromatic rings. The first-order valence-electron chi connectivity index (χ1n) is 5.48. The van der Waals surface area contributed by atoms with Crippen molar-refractivity contribution in [3.05, 3.63) is 34.5 Å². The third-order valence-corrected chi connectivity index (χ3v) is 2.70. The largest absolute Gasteiger partial charge is 0.461 e. The summed E-state index contributed by atoms with van der Waals surface area (Å²) in [6.45, 7) is 3.93. The molecule has 0 spiro atoms. The molecule has 1 aromatic heterocycles. The van der Waals surface area contributed by atoms with Gasteiger partial charge in [-0.1, -0.05) is 17.7 Å². The van der Waals surface area contributed by atoms with Gasteiger partial charge in [-0.05, 0) is 31.5 Å². The molecule has 1 aromatic carbocycles. The van der Waals surface area contributed by atoms with Crippen LogP contribution in [0.1, 0.15) is 23.0 Å². The van der Waals surface area contributed by atoms with Gasteiger partial charge in [0.05, 0.1) is 6.61 Å². The van der Waals surface area contributed by atoms with Crippen molar-refractivity contribution in [2.45, 2.75) is 13.8 Å². The van der Waals surface area contributed by atoms with Gasteiger partial charge in [-0.15, -0.1) is 5.10 Å². The molecule has 2 rings (SSSR count). The lowest BCUT2D eigenvalue weighted by Crippen LogP contribution is -2.07. The van der Waals surface area contributed by atoms with E-state index in [9.17, 15) is 4.79 Å². The van der Waals surface area contributed by atoms with E-state index in [0.717, 1.165) is 11.1 Å². The lowest BCUT2D eigenvalue weighted by atomic mass is 10.0. The SMILES string of the molecule is CCOC(=O)c1n[nH]nc1-c1ccc(Cl)cc1C. The number of carbonyl (C=O) groups is 1. The van der Waals surface area contributed by atoms with E-state index in [0.29, 0.717) is 17.3 Å². The first-order valence-corrected chi connectivity index (χ1v) is 5.85. The molecule has 94 valence electrons. The summed E-state index contributed by atoms with van der Waals surface area (Å²) in [4.78, 5) is 11.7. The van der Waals surface area contributed by atoms with Crippen LogP contribution >= 0.6 is 11.6 Å². The lowest BCUT2D eigenvalue weighted by molar-refractivity contribution is 0.0520. The summed E-state index contributed by atoms with van der Waals surface area (Å²) < 4.78 is 4.92. The highest BCUT2D eigenvalue weighted by Crippen LogP contribution is 2.26. The Kier molecular flexibility index (Phi) is 3.62. The van der Waals surface area contributed by atoms with E-state index in [1.807, 2.05) is 6.92 Å². The van der Waals surface area contributed by atoms with Crippen LogP contribution in [0.5, 0.6) is 0 Å². The van der Waals surface area contributed by atoms with Gasteiger partial charge in [0.15, 0.2) is 5.69 Å². The average Bonchev–Trinajstić information content (AvgIpc) is 2.78. The molecule has 18 heavy (non-hydrogen) atoms. The van der Waals surface area contributed by atoms with Crippen LogP contribution in [0.2, 0.25) is 5.02 Å². The molecule has 0 radical (unpaired) electrons. The molecule has 0 amide bonds. The van der Waals surface area contributed by atoms with Crippen molar-refractivity contribution in [3.8, 4) is 11.3 Å². The van der Waals surface area contributed by atoms with Crippen LogP contribution in [-0.4, -0.2) is 28.0 Å². The number of esters is 1. The Balaban J connectivity index is 2.45. The monoisotopic (exact) mass is 265 g/mol. The number of benzene rings is 1. The fourth-order valence-corrected chi connectivity index (χ4v) is 1.88. The first kappa shape index (κ1) is 12.6. The maximum Gasteiger partial charge on any atom is 0.361 e. The molecule has 0 bridgehead atoms. The standard InChI is InChI=1S/C12H12ClN3O2/c1-3-18-12(17)11-10(14-16-15-11)9-5-4-8(13)6-7(9)2/h4-6H,3H2,1-2H3,(H,14,15,16). The molecule has 0 saturated carbocycles. The maximum atomic E-state index is 11.7. The Hall–Kier alpha value is -1.88. The molecule has 0 fully saturated rings. The van der Waals surface area contributed by atoms with Crippen LogP contribution in [0, 0.1) is 6.92 Å². The number of rotatable bonds is 3. The normalized spacial score (nSPS) is 10.4. The van der Waals surface area contributed by atoms with Crippen LogP contribution in [0.15, 0.2) is 18.2 Å². The summed E-state index contributed by atoms with van der Waals surface area (Å²) in [5.41, 5.74) is 2.38. The van der Waals surface area contributed by atoms with Gasteiger partial charge in [0.25, 0.3) is 0 Å². The number of carbonyl (C=O) groups excluding carboxylic acids is 1. The van der Waals surface area contributed by atoms with Crippen molar-refractivity contribution < 1.29 is 9.53 Å². The van der Waals surface area contributed by atoms with E-state index in [-0.39, 0.29) is 5.69 Å². The van der Waals surface area contributed by atoms with Crippen molar-refractivity contribution >= 4 is 17.6 Å². The van der Waals surface area contributed by atoms with Crippen LogP contribution in [0.3, 0.4) is 0 Å². The van der Waals surface area contributed by atoms with Gasteiger partial charge in [0.1, 0.15) is 5.69 Å². The number of aromatic nitrogens is 3. The molecule has 0 aliphatic rings. The molecule has 1 N–H and O–H groups in total. The molecule has 1 heterocycles. The smallest absolute Gasteiger partial charge is 0.361 e. The van der Waals surface area contributed by atoms with Crippen molar-refractivity contribution in [1.82, 2.24) is 15.4 Å². The van der Waals surface area contributed by atoms with Gasteiger partial charge >= 0.3 is 5.97 Å². The summed E-state index contributed by atoms with van der Waals surface area (Å²) in [6, 6.07) is 5.35. The molecule has 6 heteroatoms. The van der Waals surface area contributed by atoms with Crippen molar-refractivity contribution in [1.29, 1.82) is 0 Å². The predicted octanol–water partition coefficient (Wildman–Crippen LogP) is 2.61. The molecular weight excluding hydrogens is 254 g/mol. The summed E-state index contributed by atoms with van der Waals surface area (Å²) >= 11 is 5.89. The van der Waals surface area contributed by atoms with Gasteiger partial charge in [-0.25, -0.2) is 4.79 Å². The van der Waals surface area contributed by atoms with Crippen molar-refractivity contribution in [2.24, 2.45) is 0 Å². The Morgan fingerprint density at radius 2 is 2.22 bits per heavy atom. The van der Waals surface area contributed by atoms with E-state index in [2.05, 4.69) is 15.4 Å². The minimum absolute atomic E-state index is 0.183. The Morgan fingerprint density at radius 3 is 2.89 bits per heavy atom. The number of hydrogen-bond donors (Lipinski definition) is 1. The number of H-pyrrole nitrogens is 1. The van der Waals surface area contributed by atoms with Gasteiger partial charge in [-0.2, -0.15) is 10.3 Å². The molecule has 0 unspecified atom stereocenters. The molecular formula is C12H12ClN3O2. The van der Waals surface area contributed by atoms with E-state index < -0.39 is 5.97 Å². The Morgan fingerprint density at radius 1 is 1.44 bits per heavy atom. The number of ether oxygens (including phenoxy) is 1. The van der Waals surface area contributed by atoms with Gasteiger partial charge < -0.3 is 4.74 Å².